The summed E-state index contributed by atoms with van der Waals surface area (Å²) in [4.78, 5) is 8.15. The molecular formula is C22H17BrN4O2S2. The minimum absolute atomic E-state index is 0.204. The van der Waals surface area contributed by atoms with Crippen molar-refractivity contribution in [2.45, 2.75) is 0 Å². The van der Waals surface area contributed by atoms with E-state index in [1.165, 1.54) is 22.7 Å². The molecule has 0 aliphatic rings. The fourth-order valence-corrected chi connectivity index (χ4v) is 3.75. The highest BCUT2D eigenvalue weighted by molar-refractivity contribution is 9.09. The summed E-state index contributed by atoms with van der Waals surface area (Å²) in [5.41, 5.74) is 1.59. The van der Waals surface area contributed by atoms with Gasteiger partial charge in [-0.3, -0.25) is 0 Å². The molecule has 1 N–H and O–H groups in total. The Bertz CT molecular complexity index is 1270. The maximum Gasteiger partial charge on any atom is 0.195 e. The smallest absolute Gasteiger partial charge is 0.195 e. The first-order valence-electron chi connectivity index (χ1n) is 8.75. The predicted octanol–water partition coefficient (Wildman–Crippen LogP) is 6.17. The summed E-state index contributed by atoms with van der Waals surface area (Å²) in [6.45, 7) is 7.49. The normalized spacial score (nSPS) is 9.39. The minimum atomic E-state index is 0.204. The number of phenols is 1. The molecule has 0 aliphatic carbocycles. The van der Waals surface area contributed by atoms with Gasteiger partial charge in [-0.15, -0.1) is 29.3 Å². The molecule has 31 heavy (non-hydrogen) atoms. The van der Waals surface area contributed by atoms with Gasteiger partial charge in [-0.2, -0.15) is 10.5 Å². The van der Waals surface area contributed by atoms with Crippen LogP contribution < -0.4 is 4.74 Å². The Morgan fingerprint density at radius 3 is 2.03 bits per heavy atom. The highest BCUT2D eigenvalue weighted by Crippen LogP contribution is 2.26. The van der Waals surface area contributed by atoms with Gasteiger partial charge in [0.25, 0.3) is 0 Å². The lowest BCUT2D eigenvalue weighted by Gasteiger charge is -2.01. The first-order chi connectivity index (χ1) is 15.0. The van der Waals surface area contributed by atoms with Gasteiger partial charge in [-0.1, -0.05) is 34.7 Å². The summed E-state index contributed by atoms with van der Waals surface area (Å²) in [5.74, 6) is 0.978. The molecule has 4 rings (SSSR count). The lowest BCUT2D eigenvalue weighted by Crippen LogP contribution is -1.91. The number of ether oxygens (including phenoxy) is 1. The SMILES string of the molecule is C=CCBr.C=CCOc1ccc2nc(C#N)sc2c1.N#Cc1nc2ccc(O)cc2s1. The molecule has 0 aliphatic heterocycles. The molecule has 0 radical (unpaired) electrons. The summed E-state index contributed by atoms with van der Waals surface area (Å²) in [7, 11) is 0. The third-order valence-electron chi connectivity index (χ3n) is 3.40. The Hall–Kier alpha value is -3.24. The molecule has 0 unspecified atom stereocenters. The fraction of sp³-hybridized carbons (Fsp3) is 0.0909. The van der Waals surface area contributed by atoms with Gasteiger partial charge in [-0.25, -0.2) is 9.97 Å². The molecule has 2 heterocycles. The lowest BCUT2D eigenvalue weighted by molar-refractivity contribution is 0.364. The van der Waals surface area contributed by atoms with Gasteiger partial charge < -0.3 is 9.84 Å². The quantitative estimate of drug-likeness (QED) is 0.259. The second-order valence-electron chi connectivity index (χ2n) is 5.59. The average molecular weight is 513 g/mol. The molecule has 0 saturated heterocycles. The van der Waals surface area contributed by atoms with Gasteiger partial charge >= 0.3 is 0 Å². The van der Waals surface area contributed by atoms with E-state index in [9.17, 15) is 0 Å². The van der Waals surface area contributed by atoms with E-state index in [1.807, 2.05) is 30.3 Å². The molecule has 2 aromatic heterocycles. The second kappa shape index (κ2) is 12.5. The number of fused-ring (bicyclic) bond motifs is 2. The number of halogens is 1. The highest BCUT2D eigenvalue weighted by atomic mass is 79.9. The second-order valence-corrected chi connectivity index (χ2v) is 8.29. The standard InChI is InChI=1S/C11H8N2OS.C8H4N2OS.C3H5Br/c1-2-5-14-8-3-4-9-10(6-8)15-11(7-12)13-9;9-4-8-10-6-2-1-5(11)3-7(6)12-8;1-2-3-4/h2-4,6H,1,5H2;1-3,11H;2H,1,3H2. The number of allylic oxidation sites excluding steroid dienone is 1. The van der Waals surface area contributed by atoms with Crippen molar-refractivity contribution in [2.24, 2.45) is 0 Å². The number of alkyl halides is 1. The van der Waals surface area contributed by atoms with Crippen LogP contribution in [0.4, 0.5) is 0 Å². The van der Waals surface area contributed by atoms with E-state index in [1.54, 1.807) is 30.4 Å². The Balaban J connectivity index is 0.000000192. The van der Waals surface area contributed by atoms with E-state index >= 15 is 0 Å². The van der Waals surface area contributed by atoms with Gasteiger partial charge in [0.2, 0.25) is 0 Å². The van der Waals surface area contributed by atoms with E-state index in [0.29, 0.717) is 16.6 Å². The van der Waals surface area contributed by atoms with Crippen LogP contribution in [0, 0.1) is 22.7 Å². The number of thiazole rings is 2. The maximum absolute atomic E-state index is 9.11. The number of benzene rings is 2. The van der Waals surface area contributed by atoms with Gasteiger partial charge in [0.15, 0.2) is 10.0 Å². The Morgan fingerprint density at radius 2 is 1.52 bits per heavy atom. The zero-order chi connectivity index (χ0) is 22.6. The molecular weight excluding hydrogens is 496 g/mol. The van der Waals surface area contributed by atoms with E-state index in [2.05, 4.69) is 39.1 Å². The Labute approximate surface area is 196 Å². The van der Waals surface area contributed by atoms with E-state index < -0.39 is 0 Å². The molecule has 0 bridgehead atoms. The summed E-state index contributed by atoms with van der Waals surface area (Å²) in [6, 6.07) is 14.4. The first-order valence-corrected chi connectivity index (χ1v) is 11.5. The third kappa shape index (κ3) is 7.19. The van der Waals surface area contributed by atoms with Crippen molar-refractivity contribution in [3.8, 4) is 23.6 Å². The zero-order valence-electron chi connectivity index (χ0n) is 16.3. The summed E-state index contributed by atoms with van der Waals surface area (Å²) in [5, 5.41) is 28.2. The van der Waals surface area contributed by atoms with Crippen molar-refractivity contribution >= 4 is 59.0 Å². The van der Waals surface area contributed by atoms with Crippen LogP contribution in [-0.2, 0) is 0 Å². The largest absolute Gasteiger partial charge is 0.508 e. The van der Waals surface area contributed by atoms with E-state index in [4.69, 9.17) is 20.4 Å². The lowest BCUT2D eigenvalue weighted by atomic mass is 10.3. The van der Waals surface area contributed by atoms with E-state index in [0.717, 1.165) is 31.5 Å². The minimum Gasteiger partial charge on any atom is -0.508 e. The number of nitriles is 2. The van der Waals surface area contributed by atoms with Crippen molar-refractivity contribution < 1.29 is 9.84 Å². The summed E-state index contributed by atoms with van der Waals surface area (Å²) >= 11 is 5.78. The average Bonchev–Trinajstić information content (AvgIpc) is 3.40. The van der Waals surface area contributed by atoms with Gasteiger partial charge in [0.05, 0.1) is 20.4 Å². The number of aromatic hydroxyl groups is 1. The van der Waals surface area contributed by atoms with Crippen molar-refractivity contribution in [3.63, 3.8) is 0 Å². The van der Waals surface area contributed by atoms with Gasteiger partial charge in [0.1, 0.15) is 30.2 Å². The molecule has 9 heteroatoms. The molecule has 6 nitrogen and oxygen atoms in total. The van der Waals surface area contributed by atoms with Crippen LogP contribution in [0.3, 0.4) is 0 Å². The Morgan fingerprint density at radius 1 is 0.968 bits per heavy atom. The molecule has 0 amide bonds. The van der Waals surface area contributed by atoms with Crippen LogP contribution in [0.1, 0.15) is 10.0 Å². The molecule has 2 aromatic carbocycles. The molecule has 0 fully saturated rings. The summed E-state index contributed by atoms with van der Waals surface area (Å²) in [6.07, 6.45) is 3.48. The number of nitrogens with zero attached hydrogens (tertiary/aromatic N) is 4. The number of aromatic nitrogens is 2. The predicted molar refractivity (Wildman–Crippen MR) is 130 cm³/mol. The van der Waals surface area contributed by atoms with Crippen molar-refractivity contribution in [2.75, 3.05) is 11.9 Å². The fourth-order valence-electron chi connectivity index (χ4n) is 2.16. The van der Waals surface area contributed by atoms with E-state index in [-0.39, 0.29) is 5.75 Å². The molecule has 4 aromatic rings. The Kier molecular flexibility index (Phi) is 9.66. The number of phenolic OH excluding ortho intramolecular Hbond substituents is 1. The molecule has 0 spiro atoms. The number of rotatable bonds is 4. The van der Waals surface area contributed by atoms with Crippen LogP contribution in [0.5, 0.6) is 11.5 Å². The van der Waals surface area contributed by atoms with Crippen LogP contribution >= 0.6 is 38.6 Å². The van der Waals surface area contributed by atoms with Gasteiger partial charge in [-0.05, 0) is 36.4 Å². The first kappa shape index (κ1) is 24.0. The van der Waals surface area contributed by atoms with Crippen LogP contribution in [0.2, 0.25) is 0 Å². The maximum atomic E-state index is 9.11. The topological polar surface area (TPSA) is 103 Å². The highest BCUT2D eigenvalue weighted by Gasteiger charge is 2.04. The molecule has 0 atom stereocenters. The van der Waals surface area contributed by atoms with Crippen LogP contribution in [0.25, 0.3) is 20.4 Å². The molecule has 0 saturated carbocycles. The van der Waals surface area contributed by atoms with Crippen LogP contribution in [-0.4, -0.2) is 27.0 Å². The third-order valence-corrected chi connectivity index (χ3v) is 5.70. The molecule has 156 valence electrons. The van der Waals surface area contributed by atoms with Crippen molar-refractivity contribution in [1.29, 1.82) is 10.5 Å². The monoisotopic (exact) mass is 512 g/mol. The van der Waals surface area contributed by atoms with Crippen molar-refractivity contribution in [3.05, 3.63) is 71.7 Å². The number of hydrogen-bond donors (Lipinski definition) is 1. The van der Waals surface area contributed by atoms with Gasteiger partial charge in [0, 0.05) is 5.33 Å². The van der Waals surface area contributed by atoms with Crippen molar-refractivity contribution in [1.82, 2.24) is 9.97 Å². The summed E-state index contributed by atoms with van der Waals surface area (Å²) < 4.78 is 7.19. The van der Waals surface area contributed by atoms with Crippen LogP contribution in [0.15, 0.2) is 61.7 Å². The zero-order valence-corrected chi connectivity index (χ0v) is 19.5. The number of hydrogen-bond acceptors (Lipinski definition) is 8.